The minimum Gasteiger partial charge on any atom is -0.478 e. The van der Waals surface area contributed by atoms with E-state index in [4.69, 9.17) is 5.11 Å². The number of carbonyl (C=O) groups is 2. The first-order valence-corrected chi connectivity index (χ1v) is 7.04. The topological polar surface area (TPSA) is 79.3 Å². The molecule has 0 spiro atoms. The lowest BCUT2D eigenvalue weighted by atomic mass is 10.3. The Hall–Kier alpha value is -2.47. The van der Waals surface area contributed by atoms with E-state index >= 15 is 0 Å². The van der Waals surface area contributed by atoms with Crippen molar-refractivity contribution in [1.82, 2.24) is 4.98 Å². The Morgan fingerprint density at radius 2 is 2.10 bits per heavy atom. The molecular weight excluding hydrogens is 288 g/mol. The molecule has 0 saturated carbocycles. The molecule has 5 nitrogen and oxygen atoms in total. The number of anilines is 1. The molecule has 0 aromatic carbocycles. The van der Waals surface area contributed by atoms with Crippen LogP contribution >= 0.6 is 11.3 Å². The Labute approximate surface area is 126 Å². The normalized spacial score (nSPS) is 10.8. The van der Waals surface area contributed by atoms with Crippen LogP contribution in [-0.2, 0) is 4.79 Å². The first-order valence-electron chi connectivity index (χ1n) is 6.22. The van der Waals surface area contributed by atoms with E-state index < -0.39 is 5.97 Å². The highest BCUT2D eigenvalue weighted by atomic mass is 32.1. The standard InChI is InChI=1S/C15H14N2O3S/c1-9-8-12(21-10(9)2)15(20)17-13-5-3-4-11(16-13)6-7-14(18)19/h3-8H,1-2H3,(H,18,19)(H,16,17,20). The predicted molar refractivity (Wildman–Crippen MR) is 82.7 cm³/mol. The van der Waals surface area contributed by atoms with Crippen molar-refractivity contribution in [1.29, 1.82) is 0 Å². The molecule has 2 aromatic heterocycles. The van der Waals surface area contributed by atoms with Crippen LogP contribution in [0.4, 0.5) is 5.82 Å². The minimum absolute atomic E-state index is 0.219. The van der Waals surface area contributed by atoms with Crippen molar-refractivity contribution in [3.8, 4) is 0 Å². The molecule has 1 amide bonds. The maximum atomic E-state index is 12.1. The summed E-state index contributed by atoms with van der Waals surface area (Å²) in [6.07, 6.45) is 2.37. The zero-order valence-corrected chi connectivity index (χ0v) is 12.4. The highest BCUT2D eigenvalue weighted by molar-refractivity contribution is 7.14. The average Bonchev–Trinajstić information content (AvgIpc) is 2.77. The number of hydrogen-bond donors (Lipinski definition) is 2. The first-order chi connectivity index (χ1) is 9.95. The van der Waals surface area contributed by atoms with Gasteiger partial charge in [0.2, 0.25) is 0 Å². The van der Waals surface area contributed by atoms with Crippen molar-refractivity contribution < 1.29 is 14.7 Å². The summed E-state index contributed by atoms with van der Waals surface area (Å²) in [6.45, 7) is 3.92. The van der Waals surface area contributed by atoms with Crippen LogP contribution in [-0.4, -0.2) is 22.0 Å². The van der Waals surface area contributed by atoms with Crippen LogP contribution < -0.4 is 5.32 Å². The number of thiophene rings is 1. The second-order valence-corrected chi connectivity index (χ2v) is 5.68. The summed E-state index contributed by atoms with van der Waals surface area (Å²) in [7, 11) is 0. The van der Waals surface area contributed by atoms with Crippen LogP contribution in [0, 0.1) is 13.8 Å². The lowest BCUT2D eigenvalue weighted by Crippen LogP contribution is -2.11. The average molecular weight is 302 g/mol. The molecule has 0 aliphatic carbocycles. The van der Waals surface area contributed by atoms with E-state index in [1.54, 1.807) is 18.2 Å². The van der Waals surface area contributed by atoms with Crippen LogP contribution in [0.25, 0.3) is 6.08 Å². The fraction of sp³-hybridized carbons (Fsp3) is 0.133. The second-order valence-electron chi connectivity index (χ2n) is 4.42. The molecule has 2 heterocycles. The number of nitrogens with one attached hydrogen (secondary N) is 1. The molecule has 2 N–H and O–H groups in total. The molecule has 21 heavy (non-hydrogen) atoms. The Morgan fingerprint density at radius 1 is 1.33 bits per heavy atom. The number of carboxylic acids is 1. The van der Waals surface area contributed by atoms with Gasteiger partial charge in [0.15, 0.2) is 0 Å². The van der Waals surface area contributed by atoms with Crippen LogP contribution in [0.3, 0.4) is 0 Å². The predicted octanol–water partition coefficient (Wildman–Crippen LogP) is 3.11. The lowest BCUT2D eigenvalue weighted by molar-refractivity contribution is -0.131. The molecule has 2 rings (SSSR count). The molecule has 0 bridgehead atoms. The van der Waals surface area contributed by atoms with E-state index in [-0.39, 0.29) is 5.91 Å². The van der Waals surface area contributed by atoms with Crippen LogP contribution in [0.1, 0.15) is 25.8 Å². The SMILES string of the molecule is Cc1cc(C(=O)Nc2cccc(C=CC(=O)O)n2)sc1C. The molecule has 0 aliphatic rings. The number of rotatable bonds is 4. The Morgan fingerprint density at radius 3 is 2.71 bits per heavy atom. The van der Waals surface area contributed by atoms with E-state index in [9.17, 15) is 9.59 Å². The molecule has 0 atom stereocenters. The quantitative estimate of drug-likeness (QED) is 0.850. The summed E-state index contributed by atoms with van der Waals surface area (Å²) in [4.78, 5) is 28.5. The zero-order valence-electron chi connectivity index (χ0n) is 11.6. The smallest absolute Gasteiger partial charge is 0.328 e. The molecule has 0 saturated heterocycles. The monoisotopic (exact) mass is 302 g/mol. The van der Waals surface area contributed by atoms with E-state index in [0.717, 1.165) is 16.5 Å². The van der Waals surface area contributed by atoms with E-state index in [2.05, 4.69) is 10.3 Å². The largest absolute Gasteiger partial charge is 0.478 e. The van der Waals surface area contributed by atoms with E-state index in [0.29, 0.717) is 16.4 Å². The van der Waals surface area contributed by atoms with Gasteiger partial charge in [-0.25, -0.2) is 9.78 Å². The summed E-state index contributed by atoms with van der Waals surface area (Å²) in [5.74, 6) is -0.880. The number of carboxylic acid groups (broad SMARTS) is 1. The van der Waals surface area contributed by atoms with Crippen LogP contribution in [0.2, 0.25) is 0 Å². The van der Waals surface area contributed by atoms with Crippen molar-refractivity contribution in [3.63, 3.8) is 0 Å². The van der Waals surface area contributed by atoms with Gasteiger partial charge in [-0.15, -0.1) is 11.3 Å². The number of carbonyl (C=O) groups excluding carboxylic acids is 1. The molecule has 0 radical (unpaired) electrons. The molecule has 108 valence electrons. The Bertz CT molecular complexity index is 700. The highest BCUT2D eigenvalue weighted by Crippen LogP contribution is 2.21. The molecule has 6 heteroatoms. The zero-order chi connectivity index (χ0) is 15.4. The van der Waals surface area contributed by atoms with Gasteiger partial charge in [0.05, 0.1) is 10.6 Å². The molecule has 0 aliphatic heterocycles. The third-order valence-electron chi connectivity index (χ3n) is 2.80. The van der Waals surface area contributed by atoms with Crippen molar-refractivity contribution >= 4 is 35.1 Å². The van der Waals surface area contributed by atoms with Gasteiger partial charge in [-0.1, -0.05) is 6.07 Å². The van der Waals surface area contributed by atoms with Gasteiger partial charge < -0.3 is 10.4 Å². The van der Waals surface area contributed by atoms with E-state index in [1.165, 1.54) is 17.4 Å². The van der Waals surface area contributed by atoms with Crippen molar-refractivity contribution in [2.45, 2.75) is 13.8 Å². The van der Waals surface area contributed by atoms with E-state index in [1.807, 2.05) is 19.9 Å². The number of aryl methyl sites for hydroxylation is 2. The Kier molecular flexibility index (Phi) is 4.49. The van der Waals surface area contributed by atoms with Crippen molar-refractivity contribution in [2.24, 2.45) is 0 Å². The van der Waals surface area contributed by atoms with Gasteiger partial charge in [-0.05, 0) is 43.7 Å². The summed E-state index contributed by atoms with van der Waals surface area (Å²) < 4.78 is 0. The first kappa shape index (κ1) is 14.9. The molecule has 2 aromatic rings. The fourth-order valence-electron chi connectivity index (χ4n) is 1.63. The summed E-state index contributed by atoms with van der Waals surface area (Å²) in [5, 5.41) is 11.3. The van der Waals surface area contributed by atoms with Gasteiger partial charge in [-0.2, -0.15) is 0 Å². The molecule has 0 fully saturated rings. The molecule has 0 unspecified atom stereocenters. The van der Waals surface area contributed by atoms with Gasteiger partial charge >= 0.3 is 5.97 Å². The summed E-state index contributed by atoms with van der Waals surface area (Å²) in [5.41, 5.74) is 1.55. The van der Waals surface area contributed by atoms with Crippen LogP contribution in [0.5, 0.6) is 0 Å². The van der Waals surface area contributed by atoms with Crippen LogP contribution in [0.15, 0.2) is 30.3 Å². The number of nitrogens with zero attached hydrogens (tertiary/aromatic N) is 1. The third-order valence-corrected chi connectivity index (χ3v) is 3.95. The maximum absolute atomic E-state index is 12.1. The molecular formula is C15H14N2O3S. The van der Waals surface area contributed by atoms with Crippen molar-refractivity contribution in [3.05, 3.63) is 51.4 Å². The second kappa shape index (κ2) is 6.32. The minimum atomic E-state index is -1.05. The fourth-order valence-corrected chi connectivity index (χ4v) is 2.56. The number of amides is 1. The number of hydrogen-bond acceptors (Lipinski definition) is 4. The number of aliphatic carboxylic acids is 1. The van der Waals surface area contributed by atoms with Gasteiger partial charge in [-0.3, -0.25) is 4.79 Å². The summed E-state index contributed by atoms with van der Waals surface area (Å²) in [6, 6.07) is 6.86. The highest BCUT2D eigenvalue weighted by Gasteiger charge is 2.11. The third kappa shape index (κ3) is 4.00. The van der Waals surface area contributed by atoms with Gasteiger partial charge in [0, 0.05) is 11.0 Å². The Balaban J connectivity index is 2.14. The number of aromatic nitrogens is 1. The lowest BCUT2D eigenvalue weighted by Gasteiger charge is -2.03. The number of pyridine rings is 1. The van der Waals surface area contributed by atoms with Gasteiger partial charge in [0.1, 0.15) is 5.82 Å². The maximum Gasteiger partial charge on any atom is 0.328 e. The summed E-state index contributed by atoms with van der Waals surface area (Å²) >= 11 is 1.43. The van der Waals surface area contributed by atoms with Gasteiger partial charge in [0.25, 0.3) is 5.91 Å². The van der Waals surface area contributed by atoms with Crippen molar-refractivity contribution in [2.75, 3.05) is 5.32 Å².